The van der Waals surface area contributed by atoms with Gasteiger partial charge in [-0.3, -0.25) is 0 Å². The molecular weight excluding hydrogens is 223 g/mol. The Labute approximate surface area is 107 Å². The molecule has 1 heteroatoms. The summed E-state index contributed by atoms with van der Waals surface area (Å²) in [5, 5.41) is 0. The Morgan fingerprint density at radius 2 is 1.50 bits per heavy atom. The molecule has 0 spiro atoms. The van der Waals surface area contributed by atoms with Gasteiger partial charge in [0.2, 0.25) is 0 Å². The molecule has 3 rings (SSSR count). The lowest BCUT2D eigenvalue weighted by molar-refractivity contribution is 0.627. The van der Waals surface area contributed by atoms with E-state index < -0.39 is 0 Å². The van der Waals surface area contributed by atoms with Crippen molar-refractivity contribution in [2.75, 3.05) is 0 Å². The fourth-order valence-corrected chi connectivity index (χ4v) is 2.48. The number of fused-ring (bicyclic) bond motifs is 1. The van der Waals surface area contributed by atoms with Gasteiger partial charge < -0.3 is 0 Å². The number of benzene rings is 2. The Morgan fingerprint density at radius 1 is 0.889 bits per heavy atom. The number of rotatable bonds is 2. The van der Waals surface area contributed by atoms with Crippen molar-refractivity contribution < 1.29 is 4.39 Å². The molecule has 0 bridgehead atoms. The van der Waals surface area contributed by atoms with E-state index in [1.165, 1.54) is 34.4 Å². The van der Waals surface area contributed by atoms with Crippen molar-refractivity contribution in [1.82, 2.24) is 0 Å². The standard InChI is InChI=1S/C17H15F/c18-17-9-7-13(8-10-17)5-6-14-11-15-3-1-2-4-16(15)12-14/h1-4,6-10H,5,11-12H2. The van der Waals surface area contributed by atoms with Crippen LogP contribution in [0.15, 0.2) is 60.2 Å². The molecule has 0 saturated carbocycles. The van der Waals surface area contributed by atoms with Crippen LogP contribution in [0.5, 0.6) is 0 Å². The molecule has 0 fully saturated rings. The minimum atomic E-state index is -0.167. The maximum Gasteiger partial charge on any atom is 0.123 e. The van der Waals surface area contributed by atoms with Crippen LogP contribution < -0.4 is 0 Å². The molecule has 0 N–H and O–H groups in total. The minimum absolute atomic E-state index is 0.167. The molecule has 0 nitrogen and oxygen atoms in total. The fourth-order valence-electron chi connectivity index (χ4n) is 2.48. The van der Waals surface area contributed by atoms with Crippen molar-refractivity contribution >= 4 is 0 Å². The molecule has 0 radical (unpaired) electrons. The van der Waals surface area contributed by atoms with Gasteiger partial charge in [-0.15, -0.1) is 0 Å². The van der Waals surface area contributed by atoms with Crippen LogP contribution in [0.3, 0.4) is 0 Å². The molecule has 2 aromatic carbocycles. The van der Waals surface area contributed by atoms with E-state index in [0.717, 1.165) is 19.3 Å². The Morgan fingerprint density at radius 3 is 2.11 bits per heavy atom. The van der Waals surface area contributed by atoms with Gasteiger partial charge in [0.05, 0.1) is 0 Å². The largest absolute Gasteiger partial charge is 0.207 e. The molecule has 0 aliphatic heterocycles. The van der Waals surface area contributed by atoms with Crippen LogP contribution in [-0.2, 0) is 19.3 Å². The molecule has 0 heterocycles. The summed E-state index contributed by atoms with van der Waals surface area (Å²) in [7, 11) is 0. The molecule has 1 aliphatic rings. The van der Waals surface area contributed by atoms with Crippen molar-refractivity contribution in [3.05, 3.63) is 82.7 Å². The van der Waals surface area contributed by atoms with E-state index in [2.05, 4.69) is 30.3 Å². The summed E-state index contributed by atoms with van der Waals surface area (Å²) in [5.74, 6) is -0.167. The van der Waals surface area contributed by atoms with Gasteiger partial charge in [-0.25, -0.2) is 4.39 Å². The lowest BCUT2D eigenvalue weighted by atomic mass is 10.1. The van der Waals surface area contributed by atoms with E-state index in [1.807, 2.05) is 12.1 Å². The predicted molar refractivity (Wildman–Crippen MR) is 72.0 cm³/mol. The fraction of sp³-hybridized carbons (Fsp3) is 0.176. The van der Waals surface area contributed by atoms with Crippen molar-refractivity contribution in [3.8, 4) is 0 Å². The van der Waals surface area contributed by atoms with Crippen LogP contribution in [-0.4, -0.2) is 0 Å². The molecule has 0 amide bonds. The summed E-state index contributed by atoms with van der Waals surface area (Å²) in [6, 6.07) is 15.4. The van der Waals surface area contributed by atoms with Crippen molar-refractivity contribution in [2.45, 2.75) is 19.3 Å². The van der Waals surface area contributed by atoms with Gasteiger partial charge in [0.25, 0.3) is 0 Å². The third-order valence-corrected chi connectivity index (χ3v) is 3.49. The average molecular weight is 238 g/mol. The van der Waals surface area contributed by atoms with Crippen LogP contribution in [0.4, 0.5) is 4.39 Å². The van der Waals surface area contributed by atoms with E-state index in [-0.39, 0.29) is 5.82 Å². The Balaban J connectivity index is 1.71. The zero-order chi connectivity index (χ0) is 12.4. The first kappa shape index (κ1) is 11.2. The first-order valence-corrected chi connectivity index (χ1v) is 6.30. The second kappa shape index (κ2) is 4.77. The molecule has 0 unspecified atom stereocenters. The zero-order valence-corrected chi connectivity index (χ0v) is 10.2. The first-order chi connectivity index (χ1) is 8.81. The summed E-state index contributed by atoms with van der Waals surface area (Å²) < 4.78 is 12.8. The van der Waals surface area contributed by atoms with E-state index in [1.54, 1.807) is 0 Å². The highest BCUT2D eigenvalue weighted by Gasteiger charge is 2.13. The summed E-state index contributed by atoms with van der Waals surface area (Å²) >= 11 is 0. The SMILES string of the molecule is Fc1ccc(CC=C2Cc3ccccc3C2)cc1. The molecule has 2 aromatic rings. The van der Waals surface area contributed by atoms with Gasteiger partial charge in [-0.05, 0) is 48.1 Å². The minimum Gasteiger partial charge on any atom is -0.207 e. The van der Waals surface area contributed by atoms with Crippen molar-refractivity contribution in [2.24, 2.45) is 0 Å². The summed E-state index contributed by atoms with van der Waals surface area (Å²) in [6.45, 7) is 0. The lowest BCUT2D eigenvalue weighted by Gasteiger charge is -1.98. The zero-order valence-electron chi connectivity index (χ0n) is 10.2. The maximum atomic E-state index is 12.8. The second-order valence-corrected chi connectivity index (χ2v) is 4.82. The van der Waals surface area contributed by atoms with Gasteiger partial charge >= 0.3 is 0 Å². The van der Waals surface area contributed by atoms with E-state index >= 15 is 0 Å². The Hall–Kier alpha value is -1.89. The van der Waals surface area contributed by atoms with Crippen LogP contribution in [0.2, 0.25) is 0 Å². The average Bonchev–Trinajstić information content (AvgIpc) is 2.81. The maximum absolute atomic E-state index is 12.8. The smallest absolute Gasteiger partial charge is 0.123 e. The highest BCUT2D eigenvalue weighted by atomic mass is 19.1. The van der Waals surface area contributed by atoms with Crippen molar-refractivity contribution in [3.63, 3.8) is 0 Å². The number of allylic oxidation sites excluding steroid dienone is 2. The van der Waals surface area contributed by atoms with Gasteiger partial charge in [-0.1, -0.05) is 48.0 Å². The number of hydrogen-bond donors (Lipinski definition) is 0. The topological polar surface area (TPSA) is 0 Å². The summed E-state index contributed by atoms with van der Waals surface area (Å²) in [6.07, 6.45) is 5.31. The van der Waals surface area contributed by atoms with Crippen LogP contribution in [0.1, 0.15) is 16.7 Å². The van der Waals surface area contributed by atoms with E-state index in [4.69, 9.17) is 0 Å². The quantitative estimate of drug-likeness (QED) is 0.691. The van der Waals surface area contributed by atoms with E-state index in [9.17, 15) is 4.39 Å². The van der Waals surface area contributed by atoms with E-state index in [0.29, 0.717) is 0 Å². The molecule has 0 atom stereocenters. The molecule has 90 valence electrons. The Kier molecular flexibility index (Phi) is 2.97. The molecule has 0 saturated heterocycles. The summed E-state index contributed by atoms with van der Waals surface area (Å²) in [4.78, 5) is 0. The third kappa shape index (κ3) is 2.35. The normalized spacial score (nSPS) is 13.5. The molecular formula is C17H15F. The Bertz CT molecular complexity index is 552. The van der Waals surface area contributed by atoms with Crippen LogP contribution in [0.25, 0.3) is 0 Å². The van der Waals surface area contributed by atoms with Crippen LogP contribution in [0, 0.1) is 5.82 Å². The highest BCUT2D eigenvalue weighted by Crippen LogP contribution is 2.26. The van der Waals surface area contributed by atoms with Gasteiger partial charge in [-0.2, -0.15) is 0 Å². The monoisotopic (exact) mass is 238 g/mol. The molecule has 1 aliphatic carbocycles. The van der Waals surface area contributed by atoms with Gasteiger partial charge in [0.15, 0.2) is 0 Å². The number of halogens is 1. The first-order valence-electron chi connectivity index (χ1n) is 6.30. The molecule has 18 heavy (non-hydrogen) atoms. The van der Waals surface area contributed by atoms with Gasteiger partial charge in [0, 0.05) is 0 Å². The van der Waals surface area contributed by atoms with Gasteiger partial charge in [0.1, 0.15) is 5.82 Å². The molecule has 0 aromatic heterocycles. The van der Waals surface area contributed by atoms with Crippen molar-refractivity contribution in [1.29, 1.82) is 0 Å². The highest BCUT2D eigenvalue weighted by molar-refractivity contribution is 5.40. The summed E-state index contributed by atoms with van der Waals surface area (Å²) in [5.41, 5.74) is 5.53. The second-order valence-electron chi connectivity index (χ2n) is 4.82. The van der Waals surface area contributed by atoms with Crippen LogP contribution >= 0.6 is 0 Å². The third-order valence-electron chi connectivity index (χ3n) is 3.49. The predicted octanol–water partition coefficient (Wildman–Crippen LogP) is 4.09. The lowest BCUT2D eigenvalue weighted by Crippen LogP contribution is -1.86. The number of hydrogen-bond acceptors (Lipinski definition) is 0.